The van der Waals surface area contributed by atoms with Crippen molar-refractivity contribution in [2.75, 3.05) is 5.32 Å². The molecule has 0 unspecified atom stereocenters. The Kier molecular flexibility index (Phi) is 3.60. The van der Waals surface area contributed by atoms with Crippen molar-refractivity contribution in [3.63, 3.8) is 0 Å². The molecule has 0 aliphatic heterocycles. The number of carbonyl (C=O) groups is 1. The van der Waals surface area contributed by atoms with Crippen molar-refractivity contribution in [2.24, 2.45) is 0 Å². The number of thiophene rings is 1. The summed E-state index contributed by atoms with van der Waals surface area (Å²) in [4.78, 5) is 17.2. The van der Waals surface area contributed by atoms with Crippen LogP contribution in [0.15, 0.2) is 54.0 Å². The molecule has 0 saturated heterocycles. The molecule has 2 amide bonds. The molecular formula is C15H13N3OS. The quantitative estimate of drug-likeness (QED) is 0.771. The summed E-state index contributed by atoms with van der Waals surface area (Å²) in [6.07, 6.45) is 1.66. The van der Waals surface area contributed by atoms with Crippen LogP contribution in [-0.4, -0.2) is 11.0 Å². The fourth-order valence-corrected chi connectivity index (χ4v) is 2.54. The number of para-hydroxylation sites is 1. The number of aromatic nitrogens is 1. The van der Waals surface area contributed by atoms with Gasteiger partial charge in [-0.1, -0.05) is 24.3 Å². The lowest BCUT2D eigenvalue weighted by Crippen LogP contribution is -2.27. The van der Waals surface area contributed by atoms with Crippen LogP contribution in [0.3, 0.4) is 0 Å². The summed E-state index contributed by atoms with van der Waals surface area (Å²) in [5.74, 6) is 0. The van der Waals surface area contributed by atoms with Crippen LogP contribution in [0, 0.1) is 0 Å². The maximum absolute atomic E-state index is 11.8. The molecule has 0 bridgehead atoms. The fourth-order valence-electron chi connectivity index (χ4n) is 1.90. The molecule has 2 N–H and O–H groups in total. The Morgan fingerprint density at radius 2 is 2.10 bits per heavy atom. The Balaban J connectivity index is 1.65. The zero-order chi connectivity index (χ0) is 13.8. The van der Waals surface area contributed by atoms with Crippen LogP contribution >= 0.6 is 11.3 Å². The Hall–Kier alpha value is -2.40. The van der Waals surface area contributed by atoms with E-state index in [1.165, 1.54) is 0 Å². The van der Waals surface area contributed by atoms with Crippen molar-refractivity contribution in [1.82, 2.24) is 10.3 Å². The topological polar surface area (TPSA) is 54.0 Å². The van der Waals surface area contributed by atoms with Gasteiger partial charge in [-0.2, -0.15) is 0 Å². The minimum absolute atomic E-state index is 0.226. The van der Waals surface area contributed by atoms with Gasteiger partial charge in [0, 0.05) is 10.3 Å². The number of rotatable bonds is 3. The second-order valence-corrected chi connectivity index (χ2v) is 5.34. The molecule has 3 rings (SSSR count). The van der Waals surface area contributed by atoms with Gasteiger partial charge in [0.15, 0.2) is 0 Å². The predicted molar refractivity (Wildman–Crippen MR) is 81.9 cm³/mol. The molecule has 0 spiro atoms. The number of anilines is 1. The van der Waals surface area contributed by atoms with Gasteiger partial charge >= 0.3 is 6.03 Å². The van der Waals surface area contributed by atoms with E-state index in [-0.39, 0.29) is 6.03 Å². The summed E-state index contributed by atoms with van der Waals surface area (Å²) in [5.41, 5.74) is 1.60. The second kappa shape index (κ2) is 5.71. The van der Waals surface area contributed by atoms with Crippen molar-refractivity contribution < 1.29 is 4.79 Å². The number of urea groups is 1. The van der Waals surface area contributed by atoms with Gasteiger partial charge in [0.25, 0.3) is 0 Å². The van der Waals surface area contributed by atoms with Gasteiger partial charge in [0.2, 0.25) is 0 Å². The van der Waals surface area contributed by atoms with Gasteiger partial charge in [-0.3, -0.25) is 4.98 Å². The van der Waals surface area contributed by atoms with Crippen LogP contribution in [-0.2, 0) is 6.54 Å². The Labute approximate surface area is 120 Å². The molecule has 0 radical (unpaired) electrons. The normalized spacial score (nSPS) is 10.4. The minimum atomic E-state index is -0.226. The lowest BCUT2D eigenvalue weighted by Gasteiger charge is -2.07. The van der Waals surface area contributed by atoms with Crippen molar-refractivity contribution in [2.45, 2.75) is 6.54 Å². The summed E-state index contributed by atoms with van der Waals surface area (Å²) < 4.78 is 0. The van der Waals surface area contributed by atoms with E-state index in [2.05, 4.69) is 15.6 Å². The minimum Gasteiger partial charge on any atom is -0.333 e. The number of pyridine rings is 1. The summed E-state index contributed by atoms with van der Waals surface area (Å²) in [5, 5.41) is 8.59. The van der Waals surface area contributed by atoms with Gasteiger partial charge < -0.3 is 10.6 Å². The van der Waals surface area contributed by atoms with E-state index in [0.717, 1.165) is 15.8 Å². The summed E-state index contributed by atoms with van der Waals surface area (Å²) in [6.45, 7) is 0.532. The smallest absolute Gasteiger partial charge is 0.319 e. The first-order chi connectivity index (χ1) is 9.81. The molecule has 5 heteroatoms. The van der Waals surface area contributed by atoms with Crippen molar-refractivity contribution in [1.29, 1.82) is 0 Å². The number of hydrogen-bond acceptors (Lipinski definition) is 3. The first-order valence-corrected chi connectivity index (χ1v) is 7.11. The van der Waals surface area contributed by atoms with E-state index in [0.29, 0.717) is 12.2 Å². The standard InChI is InChI=1S/C15H13N3OS/c19-15(17-10-13-5-3-7-20-13)18-12-8-11-4-1-2-6-14(11)16-9-12/h1-9H,10H2,(H2,17,18,19). The molecule has 20 heavy (non-hydrogen) atoms. The molecular weight excluding hydrogens is 270 g/mol. The van der Waals surface area contributed by atoms with Gasteiger partial charge in [0.1, 0.15) is 0 Å². The summed E-state index contributed by atoms with van der Waals surface area (Å²) in [7, 11) is 0. The summed E-state index contributed by atoms with van der Waals surface area (Å²) >= 11 is 1.62. The number of carbonyl (C=O) groups excluding carboxylic acids is 1. The highest BCUT2D eigenvalue weighted by atomic mass is 32.1. The Morgan fingerprint density at radius 3 is 2.95 bits per heavy atom. The third kappa shape index (κ3) is 2.95. The van der Waals surface area contributed by atoms with Crippen LogP contribution in [0.2, 0.25) is 0 Å². The fraction of sp³-hybridized carbons (Fsp3) is 0.0667. The Morgan fingerprint density at radius 1 is 1.20 bits per heavy atom. The number of hydrogen-bond donors (Lipinski definition) is 2. The largest absolute Gasteiger partial charge is 0.333 e. The van der Waals surface area contributed by atoms with E-state index >= 15 is 0 Å². The monoisotopic (exact) mass is 283 g/mol. The lowest BCUT2D eigenvalue weighted by molar-refractivity contribution is 0.252. The van der Waals surface area contributed by atoms with Crippen LogP contribution in [0.4, 0.5) is 10.5 Å². The van der Waals surface area contributed by atoms with E-state index in [4.69, 9.17) is 0 Å². The first-order valence-electron chi connectivity index (χ1n) is 6.23. The number of benzene rings is 1. The SMILES string of the molecule is O=C(NCc1cccs1)Nc1cnc2ccccc2c1. The molecule has 0 atom stereocenters. The highest BCUT2D eigenvalue weighted by Crippen LogP contribution is 2.16. The molecule has 4 nitrogen and oxygen atoms in total. The van der Waals surface area contributed by atoms with Crippen LogP contribution < -0.4 is 10.6 Å². The molecule has 0 fully saturated rings. The molecule has 1 aromatic carbocycles. The van der Waals surface area contributed by atoms with Gasteiger partial charge in [0.05, 0.1) is 23.9 Å². The Bertz CT molecular complexity index is 725. The van der Waals surface area contributed by atoms with Crippen LogP contribution in [0.25, 0.3) is 10.9 Å². The van der Waals surface area contributed by atoms with Gasteiger partial charge in [-0.05, 0) is 23.6 Å². The van der Waals surface area contributed by atoms with E-state index in [1.54, 1.807) is 17.5 Å². The molecule has 0 saturated carbocycles. The molecule has 100 valence electrons. The summed E-state index contributed by atoms with van der Waals surface area (Å²) in [6, 6.07) is 13.4. The molecule has 0 aliphatic rings. The number of nitrogens with one attached hydrogen (secondary N) is 2. The maximum Gasteiger partial charge on any atom is 0.319 e. The van der Waals surface area contributed by atoms with Crippen molar-refractivity contribution in [3.05, 3.63) is 58.9 Å². The zero-order valence-corrected chi connectivity index (χ0v) is 11.5. The average molecular weight is 283 g/mol. The number of nitrogens with zero attached hydrogens (tertiary/aromatic N) is 1. The van der Waals surface area contributed by atoms with Gasteiger partial charge in [-0.15, -0.1) is 11.3 Å². The molecule has 2 heterocycles. The molecule has 0 aliphatic carbocycles. The van der Waals surface area contributed by atoms with E-state index < -0.39 is 0 Å². The third-order valence-corrected chi connectivity index (χ3v) is 3.73. The van der Waals surface area contributed by atoms with Crippen molar-refractivity contribution >= 4 is 34.0 Å². The number of amides is 2. The average Bonchev–Trinajstić information content (AvgIpc) is 2.98. The van der Waals surface area contributed by atoms with Gasteiger partial charge in [-0.25, -0.2) is 4.79 Å². The van der Waals surface area contributed by atoms with Crippen LogP contribution in [0.1, 0.15) is 4.88 Å². The highest BCUT2D eigenvalue weighted by molar-refractivity contribution is 7.09. The molecule has 2 aromatic heterocycles. The highest BCUT2D eigenvalue weighted by Gasteiger charge is 2.03. The molecule has 3 aromatic rings. The predicted octanol–water partition coefficient (Wildman–Crippen LogP) is 3.62. The van der Waals surface area contributed by atoms with E-state index in [9.17, 15) is 4.79 Å². The lowest BCUT2D eigenvalue weighted by atomic mass is 10.2. The third-order valence-electron chi connectivity index (χ3n) is 2.85. The first kappa shape index (κ1) is 12.6. The van der Waals surface area contributed by atoms with Crippen LogP contribution in [0.5, 0.6) is 0 Å². The zero-order valence-electron chi connectivity index (χ0n) is 10.7. The second-order valence-electron chi connectivity index (χ2n) is 4.30. The van der Waals surface area contributed by atoms with E-state index in [1.807, 2.05) is 47.8 Å². The maximum atomic E-state index is 11.8. The number of fused-ring (bicyclic) bond motifs is 1. The van der Waals surface area contributed by atoms with Crippen molar-refractivity contribution in [3.8, 4) is 0 Å².